The van der Waals surface area contributed by atoms with Crippen molar-refractivity contribution in [3.05, 3.63) is 0 Å². The Hall–Kier alpha value is -2.32. The van der Waals surface area contributed by atoms with Crippen molar-refractivity contribution in [2.24, 2.45) is 28.7 Å². The summed E-state index contributed by atoms with van der Waals surface area (Å²) >= 11 is 0. The fourth-order valence-electron chi connectivity index (χ4n) is 0.632. The monoisotopic (exact) mass is 385 g/mol. The molecular weight excluding hydrogens is 354 g/mol. The second kappa shape index (κ2) is 22.7. The molecule has 0 aromatic carbocycles. The largest absolute Gasteiger partial charge is 0.480 e. The Morgan fingerprint density at radius 1 is 0.769 bits per heavy atom. The SMILES string of the molecule is C[C@H](N)C(=O)O.NCC(=O)O.NCC(=O)O.NCCCC[C@H](N)C(=O)O. The summed E-state index contributed by atoms with van der Waals surface area (Å²) in [5.74, 6) is -3.83. The number of aliphatic carboxylic acids is 4. The van der Waals surface area contributed by atoms with Gasteiger partial charge in [0, 0.05) is 0 Å². The van der Waals surface area contributed by atoms with E-state index in [0.717, 1.165) is 12.8 Å². The van der Waals surface area contributed by atoms with Crippen LogP contribution < -0.4 is 28.7 Å². The first kappa shape index (κ1) is 31.4. The zero-order valence-corrected chi connectivity index (χ0v) is 14.7. The van der Waals surface area contributed by atoms with Crippen LogP contribution in [0.15, 0.2) is 0 Å². The third-order valence-electron chi connectivity index (χ3n) is 2.03. The van der Waals surface area contributed by atoms with Crippen LogP contribution in [0.3, 0.4) is 0 Å². The molecule has 0 saturated carbocycles. The van der Waals surface area contributed by atoms with Crippen LogP contribution in [0, 0.1) is 0 Å². The van der Waals surface area contributed by atoms with Crippen molar-refractivity contribution in [3.8, 4) is 0 Å². The molecule has 0 aliphatic carbocycles. The van der Waals surface area contributed by atoms with E-state index in [1.54, 1.807) is 0 Å². The molecule has 2 atom stereocenters. The van der Waals surface area contributed by atoms with E-state index in [9.17, 15) is 19.2 Å². The Morgan fingerprint density at radius 3 is 1.23 bits per heavy atom. The van der Waals surface area contributed by atoms with Gasteiger partial charge in [-0.3, -0.25) is 19.2 Å². The van der Waals surface area contributed by atoms with Gasteiger partial charge in [0.15, 0.2) is 0 Å². The van der Waals surface area contributed by atoms with Crippen molar-refractivity contribution in [2.75, 3.05) is 19.6 Å². The van der Waals surface area contributed by atoms with Gasteiger partial charge in [0.05, 0.1) is 13.1 Å². The van der Waals surface area contributed by atoms with Crippen molar-refractivity contribution in [3.63, 3.8) is 0 Å². The van der Waals surface area contributed by atoms with Crippen molar-refractivity contribution in [2.45, 2.75) is 38.3 Å². The van der Waals surface area contributed by atoms with Crippen molar-refractivity contribution in [1.82, 2.24) is 0 Å². The molecule has 13 nitrogen and oxygen atoms in total. The molecule has 0 spiro atoms. The molecule has 0 aliphatic heterocycles. The van der Waals surface area contributed by atoms with E-state index in [4.69, 9.17) is 37.6 Å². The van der Waals surface area contributed by atoms with Crippen LogP contribution in [-0.2, 0) is 19.2 Å². The Morgan fingerprint density at radius 2 is 1.08 bits per heavy atom. The molecule has 0 saturated heterocycles. The van der Waals surface area contributed by atoms with Gasteiger partial charge in [0.25, 0.3) is 0 Å². The van der Waals surface area contributed by atoms with Gasteiger partial charge in [0.2, 0.25) is 0 Å². The smallest absolute Gasteiger partial charge is 0.320 e. The summed E-state index contributed by atoms with van der Waals surface area (Å²) in [5, 5.41) is 31.4. The average molecular weight is 385 g/mol. The Balaban J connectivity index is -0.000000131. The molecule has 0 bridgehead atoms. The molecule has 0 amide bonds. The minimum absolute atomic E-state index is 0.278. The van der Waals surface area contributed by atoms with Gasteiger partial charge >= 0.3 is 23.9 Å². The first-order valence-electron chi connectivity index (χ1n) is 7.37. The summed E-state index contributed by atoms with van der Waals surface area (Å²) in [6, 6.07) is -1.45. The molecule has 0 radical (unpaired) electrons. The molecule has 0 fully saturated rings. The standard InChI is InChI=1S/C6H14N2O2.C3H7NO2.2C2H5NO2/c7-4-2-1-3-5(8)6(9)10;1-2(4)3(5)6;2*3-1-2(4)5/h5H,1-4,7-8H2,(H,9,10);2H,4H2,1H3,(H,5,6);2*1,3H2,(H,4,5)/t5-;2-;;/m00../s1. The summed E-state index contributed by atoms with van der Waals surface area (Å²) in [4.78, 5) is 38.2. The maximum absolute atomic E-state index is 10.1. The van der Waals surface area contributed by atoms with Crippen LogP contribution >= 0.6 is 0 Å². The molecule has 0 aromatic rings. The lowest BCUT2D eigenvalue weighted by atomic mass is 10.1. The third-order valence-corrected chi connectivity index (χ3v) is 2.03. The lowest BCUT2D eigenvalue weighted by molar-refractivity contribution is -0.139. The first-order valence-corrected chi connectivity index (χ1v) is 7.37. The van der Waals surface area contributed by atoms with E-state index >= 15 is 0 Å². The lowest BCUT2D eigenvalue weighted by Crippen LogP contribution is -2.29. The number of unbranched alkanes of at least 4 members (excludes halogenated alkanes) is 1. The van der Waals surface area contributed by atoms with Crippen LogP contribution in [0.1, 0.15) is 26.2 Å². The summed E-state index contributed by atoms with van der Waals surface area (Å²) in [6.45, 7) is 1.47. The third kappa shape index (κ3) is 43.0. The minimum atomic E-state index is -0.968. The fraction of sp³-hybridized carbons (Fsp3) is 0.692. The summed E-state index contributed by atoms with van der Waals surface area (Å²) < 4.78 is 0. The highest BCUT2D eigenvalue weighted by Gasteiger charge is 2.09. The molecule has 0 aromatic heterocycles. The zero-order chi connectivity index (χ0) is 21.7. The highest BCUT2D eigenvalue weighted by molar-refractivity contribution is 5.73. The molecule has 14 N–H and O–H groups in total. The van der Waals surface area contributed by atoms with Crippen LogP contribution in [0.5, 0.6) is 0 Å². The maximum atomic E-state index is 10.1. The van der Waals surface area contributed by atoms with E-state index in [1.807, 2.05) is 0 Å². The highest BCUT2D eigenvalue weighted by Crippen LogP contribution is 1.96. The second-order valence-corrected chi connectivity index (χ2v) is 4.55. The molecule has 0 rings (SSSR count). The number of hydrogen-bond donors (Lipinski definition) is 9. The second-order valence-electron chi connectivity index (χ2n) is 4.55. The number of carboxylic acids is 4. The summed E-state index contributed by atoms with van der Waals surface area (Å²) in [6.07, 6.45) is 2.16. The number of carbonyl (C=O) groups is 4. The van der Waals surface area contributed by atoms with Crippen molar-refractivity contribution < 1.29 is 39.6 Å². The average Bonchev–Trinajstić information content (AvgIpc) is 2.56. The number of nitrogens with two attached hydrogens (primary N) is 5. The summed E-state index contributed by atoms with van der Waals surface area (Å²) in [7, 11) is 0. The van der Waals surface area contributed by atoms with Crippen molar-refractivity contribution >= 4 is 23.9 Å². The highest BCUT2D eigenvalue weighted by atomic mass is 16.4. The normalized spacial score (nSPS) is 11.0. The van der Waals surface area contributed by atoms with Crippen LogP contribution in [-0.4, -0.2) is 76.0 Å². The molecular formula is C13H31N5O8. The van der Waals surface area contributed by atoms with Crippen LogP contribution in [0.4, 0.5) is 0 Å². The maximum Gasteiger partial charge on any atom is 0.320 e. The molecule has 0 aliphatic rings. The van der Waals surface area contributed by atoms with E-state index in [0.29, 0.717) is 13.0 Å². The Bertz CT molecular complexity index is 379. The predicted octanol–water partition coefficient (Wildman–Crippen LogP) is -3.00. The van der Waals surface area contributed by atoms with E-state index in [-0.39, 0.29) is 13.1 Å². The van der Waals surface area contributed by atoms with Crippen molar-refractivity contribution in [1.29, 1.82) is 0 Å². The first-order chi connectivity index (χ1) is 11.9. The van der Waals surface area contributed by atoms with E-state index in [2.05, 4.69) is 11.5 Å². The van der Waals surface area contributed by atoms with Gasteiger partial charge in [-0.2, -0.15) is 0 Å². The Kier molecular flexibility index (Phi) is 27.4. The molecule has 0 unspecified atom stereocenters. The minimum Gasteiger partial charge on any atom is -0.480 e. The van der Waals surface area contributed by atoms with Gasteiger partial charge in [-0.15, -0.1) is 0 Å². The zero-order valence-electron chi connectivity index (χ0n) is 14.7. The van der Waals surface area contributed by atoms with Gasteiger partial charge in [-0.05, 0) is 26.3 Å². The molecule has 26 heavy (non-hydrogen) atoms. The van der Waals surface area contributed by atoms with Gasteiger partial charge in [-0.25, -0.2) is 0 Å². The molecule has 13 heteroatoms. The lowest BCUT2D eigenvalue weighted by Gasteiger charge is -2.03. The van der Waals surface area contributed by atoms with Gasteiger partial charge in [0.1, 0.15) is 12.1 Å². The number of rotatable bonds is 8. The summed E-state index contributed by atoms with van der Waals surface area (Å²) in [5.41, 5.74) is 24.4. The van der Waals surface area contributed by atoms with E-state index < -0.39 is 36.0 Å². The van der Waals surface area contributed by atoms with Crippen LogP contribution in [0.2, 0.25) is 0 Å². The molecule has 0 heterocycles. The van der Waals surface area contributed by atoms with Gasteiger partial charge < -0.3 is 49.1 Å². The fourth-order valence-corrected chi connectivity index (χ4v) is 0.632. The number of carboxylic acid groups (broad SMARTS) is 4. The quantitative estimate of drug-likeness (QED) is 0.188. The van der Waals surface area contributed by atoms with Crippen LogP contribution in [0.25, 0.3) is 0 Å². The molecule has 156 valence electrons. The topological polar surface area (TPSA) is 279 Å². The van der Waals surface area contributed by atoms with E-state index in [1.165, 1.54) is 6.92 Å². The Labute approximate surface area is 151 Å². The predicted molar refractivity (Wildman–Crippen MR) is 93.2 cm³/mol. The van der Waals surface area contributed by atoms with Gasteiger partial charge in [-0.1, -0.05) is 6.42 Å². The number of hydrogen-bond acceptors (Lipinski definition) is 9.